The van der Waals surface area contributed by atoms with Crippen molar-refractivity contribution in [1.82, 2.24) is 30.3 Å². The third-order valence-corrected chi connectivity index (χ3v) is 5.61. The molecule has 0 aromatic carbocycles. The first-order valence-electron chi connectivity index (χ1n) is 10.2. The van der Waals surface area contributed by atoms with Crippen LogP contribution in [0.3, 0.4) is 0 Å². The van der Waals surface area contributed by atoms with Crippen LogP contribution >= 0.6 is 0 Å². The Morgan fingerprint density at radius 3 is 2.64 bits per heavy atom. The lowest BCUT2D eigenvalue weighted by Crippen LogP contribution is -2.41. The molecule has 0 radical (unpaired) electrons. The lowest BCUT2D eigenvalue weighted by molar-refractivity contribution is -0.125. The lowest BCUT2D eigenvalue weighted by Gasteiger charge is -2.31. The summed E-state index contributed by atoms with van der Waals surface area (Å²) in [6, 6.07) is 3.83. The van der Waals surface area contributed by atoms with Crippen molar-refractivity contribution in [3.05, 3.63) is 36.4 Å². The Morgan fingerprint density at radius 1 is 1.14 bits per heavy atom. The highest BCUT2D eigenvalue weighted by atomic mass is 16.1. The lowest BCUT2D eigenvalue weighted by atomic mass is 9.95. The van der Waals surface area contributed by atoms with Gasteiger partial charge in [0.05, 0.1) is 0 Å². The molecule has 2 aromatic heterocycles. The maximum atomic E-state index is 12.5. The molecule has 1 amide bonds. The van der Waals surface area contributed by atoms with Crippen LogP contribution in [0.15, 0.2) is 36.4 Å². The molecule has 0 saturated carbocycles. The van der Waals surface area contributed by atoms with E-state index in [1.54, 1.807) is 11.0 Å². The Kier molecular flexibility index (Phi) is 5.94. The van der Waals surface area contributed by atoms with Gasteiger partial charge in [-0.05, 0) is 57.1 Å². The molecule has 0 bridgehead atoms. The van der Waals surface area contributed by atoms with Crippen LogP contribution in [0, 0.1) is 5.92 Å². The maximum Gasteiger partial charge on any atom is 0.223 e. The Morgan fingerprint density at radius 2 is 1.96 bits per heavy atom. The summed E-state index contributed by atoms with van der Waals surface area (Å²) >= 11 is 0. The third kappa shape index (κ3) is 4.55. The molecule has 2 aliphatic rings. The van der Waals surface area contributed by atoms with Crippen LogP contribution in [-0.2, 0) is 4.79 Å². The van der Waals surface area contributed by atoms with Crippen LogP contribution in [-0.4, -0.2) is 50.5 Å². The van der Waals surface area contributed by atoms with E-state index >= 15 is 0 Å². The van der Waals surface area contributed by atoms with Gasteiger partial charge < -0.3 is 10.2 Å². The molecule has 3 heterocycles. The first kappa shape index (κ1) is 18.6. The average Bonchev–Trinajstić information content (AvgIpc) is 3.30. The van der Waals surface area contributed by atoms with Gasteiger partial charge in [-0.1, -0.05) is 11.6 Å². The van der Waals surface area contributed by atoms with Crippen molar-refractivity contribution in [2.75, 3.05) is 24.5 Å². The van der Waals surface area contributed by atoms with Gasteiger partial charge in [-0.15, -0.1) is 10.2 Å². The minimum Gasteiger partial charge on any atom is -0.356 e. The van der Waals surface area contributed by atoms with E-state index in [0.29, 0.717) is 5.82 Å². The normalized spacial score (nSPS) is 18.0. The molecule has 8 nitrogen and oxygen atoms in total. The summed E-state index contributed by atoms with van der Waals surface area (Å²) in [5.41, 5.74) is 1.51. The van der Waals surface area contributed by atoms with E-state index < -0.39 is 0 Å². The fourth-order valence-electron chi connectivity index (χ4n) is 3.93. The maximum absolute atomic E-state index is 12.5. The molecule has 0 unspecified atom stereocenters. The van der Waals surface area contributed by atoms with E-state index in [0.717, 1.165) is 44.7 Å². The summed E-state index contributed by atoms with van der Waals surface area (Å²) in [7, 11) is 0. The first-order valence-corrected chi connectivity index (χ1v) is 10.2. The smallest absolute Gasteiger partial charge is 0.223 e. The summed E-state index contributed by atoms with van der Waals surface area (Å²) in [4.78, 5) is 18.6. The Labute approximate surface area is 165 Å². The molecule has 1 aliphatic carbocycles. The van der Waals surface area contributed by atoms with Crippen LogP contribution in [0.1, 0.15) is 44.9 Å². The van der Waals surface area contributed by atoms with Crippen LogP contribution < -0.4 is 10.2 Å². The summed E-state index contributed by atoms with van der Waals surface area (Å²) in [6.07, 6.45) is 13.1. The highest BCUT2D eigenvalue weighted by Gasteiger charge is 2.25. The second-order valence-corrected chi connectivity index (χ2v) is 7.50. The zero-order valence-corrected chi connectivity index (χ0v) is 16.1. The summed E-state index contributed by atoms with van der Waals surface area (Å²) < 4.78 is 1.58. The number of nitrogens with zero attached hydrogens (tertiary/aromatic N) is 6. The highest BCUT2D eigenvalue weighted by Crippen LogP contribution is 2.22. The zero-order chi connectivity index (χ0) is 19.2. The predicted octanol–water partition coefficient (Wildman–Crippen LogP) is 2.28. The van der Waals surface area contributed by atoms with Gasteiger partial charge in [0.25, 0.3) is 0 Å². The van der Waals surface area contributed by atoms with Gasteiger partial charge in [-0.25, -0.2) is 9.67 Å². The second-order valence-electron chi connectivity index (χ2n) is 7.50. The SMILES string of the molecule is O=C(NCCC1=CCCCC1)C1CCN(c2ccc(-n3cncn3)nn2)CC1. The van der Waals surface area contributed by atoms with E-state index in [1.807, 2.05) is 12.1 Å². The number of anilines is 1. The van der Waals surface area contributed by atoms with Crippen molar-refractivity contribution in [2.24, 2.45) is 5.92 Å². The van der Waals surface area contributed by atoms with Gasteiger partial charge in [0.1, 0.15) is 12.7 Å². The van der Waals surface area contributed by atoms with Crippen LogP contribution in [0.25, 0.3) is 5.82 Å². The standard InChI is InChI=1S/C20H27N7O/c28-20(22-11-8-16-4-2-1-3-5-16)17-9-12-26(13-10-17)18-6-7-19(25-24-18)27-15-21-14-23-27/h4,6-7,14-15,17H,1-3,5,8-13H2,(H,22,28). The number of allylic oxidation sites excluding steroid dienone is 1. The van der Waals surface area contributed by atoms with E-state index in [1.165, 1.54) is 37.6 Å². The van der Waals surface area contributed by atoms with Crippen molar-refractivity contribution in [1.29, 1.82) is 0 Å². The fourth-order valence-corrected chi connectivity index (χ4v) is 3.93. The largest absolute Gasteiger partial charge is 0.356 e. The third-order valence-electron chi connectivity index (χ3n) is 5.61. The number of aromatic nitrogens is 5. The van der Waals surface area contributed by atoms with Gasteiger partial charge in [0.15, 0.2) is 11.6 Å². The highest BCUT2D eigenvalue weighted by molar-refractivity contribution is 5.79. The van der Waals surface area contributed by atoms with Gasteiger partial charge >= 0.3 is 0 Å². The van der Waals surface area contributed by atoms with E-state index in [4.69, 9.17) is 0 Å². The number of rotatable bonds is 6. The average molecular weight is 381 g/mol. The predicted molar refractivity (Wildman–Crippen MR) is 106 cm³/mol. The van der Waals surface area contributed by atoms with E-state index in [9.17, 15) is 4.79 Å². The second kappa shape index (κ2) is 8.95. The molecule has 28 heavy (non-hydrogen) atoms. The molecule has 1 saturated heterocycles. The fraction of sp³-hybridized carbons (Fsp3) is 0.550. The molecule has 1 aliphatic heterocycles. The molecule has 0 spiro atoms. The summed E-state index contributed by atoms with van der Waals surface area (Å²) in [6.45, 7) is 2.40. The first-order chi connectivity index (χ1) is 13.8. The van der Waals surface area contributed by atoms with Crippen molar-refractivity contribution >= 4 is 11.7 Å². The quantitative estimate of drug-likeness (QED) is 0.772. The molecule has 148 valence electrons. The molecule has 1 fully saturated rings. The van der Waals surface area contributed by atoms with Crippen LogP contribution in [0.4, 0.5) is 5.82 Å². The van der Waals surface area contributed by atoms with Gasteiger partial charge in [0.2, 0.25) is 5.91 Å². The minimum absolute atomic E-state index is 0.0963. The Bertz CT molecular complexity index is 792. The monoisotopic (exact) mass is 381 g/mol. The van der Waals surface area contributed by atoms with Crippen LogP contribution in [0.5, 0.6) is 0 Å². The number of carbonyl (C=O) groups excluding carboxylic acids is 1. The van der Waals surface area contributed by atoms with Crippen LogP contribution in [0.2, 0.25) is 0 Å². The molecule has 2 aromatic rings. The number of amides is 1. The Hall–Kier alpha value is -2.77. The minimum atomic E-state index is 0.0963. The molecule has 4 rings (SSSR count). The molecule has 8 heteroatoms. The summed E-state index contributed by atoms with van der Waals surface area (Å²) in [5.74, 6) is 1.78. The number of hydrogen-bond acceptors (Lipinski definition) is 6. The molecule has 0 atom stereocenters. The number of carbonyl (C=O) groups is 1. The molecular formula is C20H27N7O. The zero-order valence-electron chi connectivity index (χ0n) is 16.1. The molecule has 1 N–H and O–H groups in total. The van der Waals surface area contributed by atoms with E-state index in [-0.39, 0.29) is 11.8 Å². The van der Waals surface area contributed by atoms with E-state index in [2.05, 4.69) is 36.6 Å². The number of nitrogens with one attached hydrogen (secondary N) is 1. The van der Waals surface area contributed by atoms with Crippen molar-refractivity contribution in [3.8, 4) is 5.82 Å². The van der Waals surface area contributed by atoms with Crippen molar-refractivity contribution in [2.45, 2.75) is 44.9 Å². The topological polar surface area (TPSA) is 88.8 Å². The van der Waals surface area contributed by atoms with Crippen molar-refractivity contribution in [3.63, 3.8) is 0 Å². The number of hydrogen-bond donors (Lipinski definition) is 1. The molecular weight excluding hydrogens is 354 g/mol. The van der Waals surface area contributed by atoms with Gasteiger partial charge in [-0.3, -0.25) is 4.79 Å². The van der Waals surface area contributed by atoms with Gasteiger partial charge in [-0.2, -0.15) is 5.10 Å². The summed E-state index contributed by atoms with van der Waals surface area (Å²) in [5, 5.41) is 15.7. The Balaban J connectivity index is 1.22. The van der Waals surface area contributed by atoms with Crippen molar-refractivity contribution < 1.29 is 4.79 Å². The number of piperidine rings is 1. The van der Waals surface area contributed by atoms with Gasteiger partial charge in [0, 0.05) is 25.6 Å².